The van der Waals surface area contributed by atoms with Gasteiger partial charge in [0.25, 0.3) is 0 Å². The van der Waals surface area contributed by atoms with Crippen LogP contribution >= 0.6 is 0 Å². The van der Waals surface area contributed by atoms with E-state index in [1.165, 1.54) is 135 Å². The molecule has 0 aromatic heterocycles. The normalized spacial score (nSPS) is 12.7. The monoisotopic (exact) mass is 975 g/mol. The van der Waals surface area contributed by atoms with Gasteiger partial charge in [-0.05, 0) is 122 Å². The van der Waals surface area contributed by atoms with E-state index in [-0.39, 0.29) is 31.1 Å². The van der Waals surface area contributed by atoms with Crippen LogP contribution in [0.1, 0.15) is 284 Å². The van der Waals surface area contributed by atoms with E-state index in [1.807, 2.05) is 0 Å². The van der Waals surface area contributed by atoms with E-state index in [0.717, 1.165) is 109 Å². The Balaban J connectivity index is 4.41. The predicted octanol–water partition coefficient (Wildman–Crippen LogP) is 19.9. The number of hydrogen-bond donors (Lipinski definition) is 0. The fourth-order valence-electron chi connectivity index (χ4n) is 8.10. The zero-order chi connectivity index (χ0) is 50.7. The third kappa shape index (κ3) is 55.5. The van der Waals surface area contributed by atoms with Crippen molar-refractivity contribution in [3.63, 3.8) is 0 Å². The maximum Gasteiger partial charge on any atom is 0.306 e. The van der Waals surface area contributed by atoms with Gasteiger partial charge in [-0.25, -0.2) is 0 Å². The molecule has 1 unspecified atom stereocenters. The van der Waals surface area contributed by atoms with E-state index < -0.39 is 6.10 Å². The van der Waals surface area contributed by atoms with Crippen LogP contribution in [-0.4, -0.2) is 37.2 Å². The van der Waals surface area contributed by atoms with E-state index >= 15 is 0 Å². The third-order valence-corrected chi connectivity index (χ3v) is 12.6. The van der Waals surface area contributed by atoms with Crippen molar-refractivity contribution in [1.82, 2.24) is 0 Å². The first kappa shape index (κ1) is 66.6. The lowest BCUT2D eigenvalue weighted by atomic mass is 10.1. The highest BCUT2D eigenvalue weighted by Gasteiger charge is 2.19. The second kappa shape index (κ2) is 58.2. The summed E-state index contributed by atoms with van der Waals surface area (Å²) in [6.45, 7) is 6.56. The standard InChI is InChI=1S/C64H110O6/c1-4-7-10-13-16-19-22-25-27-29-31-32-34-35-37-39-42-45-48-51-54-57-63(66)69-60-61(59-68-62(65)56-53-50-47-44-41-24-21-18-15-12-9-6-3)70-64(67)58-55-52-49-46-43-40-38-36-33-30-28-26-23-20-17-14-11-8-5-2/h17-18,20-22,25-26,28-29,31,33-36,61H,4-16,19,23-24,27,30,32,37-60H2,1-3H3/b20-17-,21-18-,25-22-,28-26-,31-29-,35-34-,36-33-. The summed E-state index contributed by atoms with van der Waals surface area (Å²) in [7, 11) is 0. The highest BCUT2D eigenvalue weighted by molar-refractivity contribution is 5.71. The number of ether oxygens (including phenoxy) is 3. The Labute approximate surface area is 433 Å². The molecule has 0 spiro atoms. The molecule has 0 fully saturated rings. The summed E-state index contributed by atoms with van der Waals surface area (Å²) in [6, 6.07) is 0. The molecular formula is C64H110O6. The number of hydrogen-bond acceptors (Lipinski definition) is 6. The molecule has 0 aliphatic rings. The molecule has 0 aromatic rings. The first-order valence-electron chi connectivity index (χ1n) is 29.6. The topological polar surface area (TPSA) is 78.9 Å². The van der Waals surface area contributed by atoms with Gasteiger partial charge in [0, 0.05) is 19.3 Å². The zero-order valence-corrected chi connectivity index (χ0v) is 46.0. The summed E-state index contributed by atoms with van der Waals surface area (Å²) in [5, 5.41) is 0. The number of carbonyl (C=O) groups excluding carboxylic acids is 3. The Morgan fingerprint density at radius 1 is 0.286 bits per heavy atom. The minimum Gasteiger partial charge on any atom is -0.462 e. The molecule has 0 rings (SSSR count). The van der Waals surface area contributed by atoms with Gasteiger partial charge in [-0.2, -0.15) is 0 Å². The lowest BCUT2D eigenvalue weighted by Crippen LogP contribution is -2.30. The lowest BCUT2D eigenvalue weighted by Gasteiger charge is -2.18. The minimum atomic E-state index is -0.793. The maximum atomic E-state index is 12.9. The Kier molecular flexibility index (Phi) is 55.3. The van der Waals surface area contributed by atoms with Crippen LogP contribution in [0.3, 0.4) is 0 Å². The number of carbonyl (C=O) groups is 3. The molecule has 402 valence electrons. The number of allylic oxidation sites excluding steroid dienone is 14. The summed E-state index contributed by atoms with van der Waals surface area (Å²) >= 11 is 0. The smallest absolute Gasteiger partial charge is 0.306 e. The van der Waals surface area contributed by atoms with Crippen molar-refractivity contribution < 1.29 is 28.6 Å². The van der Waals surface area contributed by atoms with E-state index in [9.17, 15) is 14.4 Å². The summed E-state index contributed by atoms with van der Waals surface area (Å²) in [5.41, 5.74) is 0. The van der Waals surface area contributed by atoms with Crippen molar-refractivity contribution in [2.75, 3.05) is 13.2 Å². The molecule has 0 saturated carbocycles. The zero-order valence-electron chi connectivity index (χ0n) is 46.0. The Morgan fingerprint density at radius 2 is 0.514 bits per heavy atom. The summed E-state index contributed by atoms with van der Waals surface area (Å²) in [6.07, 6.45) is 75.7. The van der Waals surface area contributed by atoms with Gasteiger partial charge >= 0.3 is 17.9 Å². The van der Waals surface area contributed by atoms with Gasteiger partial charge in [-0.15, -0.1) is 0 Å². The van der Waals surface area contributed by atoms with Crippen molar-refractivity contribution in [1.29, 1.82) is 0 Å². The lowest BCUT2D eigenvalue weighted by molar-refractivity contribution is -0.167. The maximum absolute atomic E-state index is 12.9. The van der Waals surface area contributed by atoms with Crippen molar-refractivity contribution in [2.45, 2.75) is 290 Å². The molecule has 0 amide bonds. The van der Waals surface area contributed by atoms with Crippen LogP contribution in [0.4, 0.5) is 0 Å². The third-order valence-electron chi connectivity index (χ3n) is 12.6. The van der Waals surface area contributed by atoms with Crippen LogP contribution in [0.2, 0.25) is 0 Å². The van der Waals surface area contributed by atoms with E-state index in [4.69, 9.17) is 14.2 Å². The molecule has 6 heteroatoms. The molecule has 0 heterocycles. The van der Waals surface area contributed by atoms with Crippen LogP contribution < -0.4 is 0 Å². The fourth-order valence-corrected chi connectivity index (χ4v) is 8.10. The largest absolute Gasteiger partial charge is 0.462 e. The van der Waals surface area contributed by atoms with Crippen molar-refractivity contribution in [3.05, 3.63) is 85.1 Å². The Hall–Kier alpha value is -3.41. The molecule has 0 aliphatic heterocycles. The van der Waals surface area contributed by atoms with Crippen LogP contribution in [0, 0.1) is 0 Å². The number of rotatable bonds is 53. The SMILES string of the molecule is CCCCC/C=C\C/C=C\C/C=C\CCCCCCCCC(=O)OC(COC(=O)CCCCCCC/C=C\CCCCC)COC(=O)CCCCCCCC/C=C\C/C=C\C/C=C\CCCCCCC. The molecule has 6 nitrogen and oxygen atoms in total. The predicted molar refractivity (Wildman–Crippen MR) is 302 cm³/mol. The summed E-state index contributed by atoms with van der Waals surface area (Å²) in [4.78, 5) is 38.2. The van der Waals surface area contributed by atoms with Gasteiger partial charge in [0.05, 0.1) is 0 Å². The molecule has 0 radical (unpaired) electrons. The molecule has 0 saturated heterocycles. The average molecular weight is 976 g/mol. The molecule has 0 aromatic carbocycles. The summed E-state index contributed by atoms with van der Waals surface area (Å²) in [5.74, 6) is -0.919. The van der Waals surface area contributed by atoms with Gasteiger partial charge in [0.1, 0.15) is 13.2 Å². The van der Waals surface area contributed by atoms with Gasteiger partial charge in [0.2, 0.25) is 0 Å². The first-order chi connectivity index (χ1) is 34.5. The van der Waals surface area contributed by atoms with Gasteiger partial charge < -0.3 is 14.2 Å². The molecule has 0 N–H and O–H groups in total. The Bertz CT molecular complexity index is 1350. The molecule has 1 atom stereocenters. The second-order valence-corrected chi connectivity index (χ2v) is 19.5. The highest BCUT2D eigenvalue weighted by atomic mass is 16.6. The fraction of sp³-hybridized carbons (Fsp3) is 0.734. The molecule has 0 bridgehead atoms. The first-order valence-corrected chi connectivity index (χ1v) is 29.6. The van der Waals surface area contributed by atoms with Crippen LogP contribution in [0.5, 0.6) is 0 Å². The van der Waals surface area contributed by atoms with Gasteiger partial charge in [0.15, 0.2) is 6.10 Å². The van der Waals surface area contributed by atoms with Gasteiger partial charge in [-0.3, -0.25) is 14.4 Å². The number of esters is 3. The molecule has 0 aliphatic carbocycles. The quantitative estimate of drug-likeness (QED) is 0.0261. The van der Waals surface area contributed by atoms with Crippen molar-refractivity contribution >= 4 is 17.9 Å². The van der Waals surface area contributed by atoms with Crippen molar-refractivity contribution in [3.8, 4) is 0 Å². The van der Waals surface area contributed by atoms with E-state index in [1.54, 1.807) is 0 Å². The molecular weight excluding hydrogens is 865 g/mol. The van der Waals surface area contributed by atoms with Crippen LogP contribution in [0.25, 0.3) is 0 Å². The van der Waals surface area contributed by atoms with Crippen LogP contribution in [0.15, 0.2) is 85.1 Å². The Morgan fingerprint density at radius 3 is 0.843 bits per heavy atom. The van der Waals surface area contributed by atoms with E-state index in [2.05, 4.69) is 106 Å². The summed E-state index contributed by atoms with van der Waals surface area (Å²) < 4.78 is 16.8. The average Bonchev–Trinajstić information content (AvgIpc) is 3.36. The molecule has 70 heavy (non-hydrogen) atoms. The van der Waals surface area contributed by atoms with Crippen molar-refractivity contribution in [2.24, 2.45) is 0 Å². The minimum absolute atomic E-state index is 0.0907. The highest BCUT2D eigenvalue weighted by Crippen LogP contribution is 2.14. The second-order valence-electron chi connectivity index (χ2n) is 19.5. The van der Waals surface area contributed by atoms with E-state index in [0.29, 0.717) is 19.3 Å². The van der Waals surface area contributed by atoms with Crippen LogP contribution in [-0.2, 0) is 28.6 Å². The number of unbranched alkanes of at least 4 members (excludes halogenated alkanes) is 28. The van der Waals surface area contributed by atoms with Gasteiger partial charge in [-0.1, -0.05) is 228 Å².